The van der Waals surface area contributed by atoms with Crippen LogP contribution in [0.4, 0.5) is 0 Å². The maximum Gasteiger partial charge on any atom is 0.138 e. The average Bonchev–Trinajstić information content (AvgIpc) is 3.09. The van der Waals surface area contributed by atoms with E-state index in [4.69, 9.17) is 9.84 Å². The molecule has 0 saturated heterocycles. The fraction of sp³-hybridized carbons (Fsp3) is 0.500. The van der Waals surface area contributed by atoms with Gasteiger partial charge in [0.25, 0.3) is 0 Å². The molecular weight excluding hydrogens is 270 g/mol. The minimum atomic E-state index is 0.0385. The van der Waals surface area contributed by atoms with E-state index in [1.165, 1.54) is 12.8 Å². The normalized spacial score (nSPS) is 15.1. The van der Waals surface area contributed by atoms with Gasteiger partial charge in [0.15, 0.2) is 0 Å². The molecule has 1 aromatic rings. The number of aliphatic hydroxyl groups is 1. The second kappa shape index (κ2) is 5.66. The lowest BCUT2D eigenvalue weighted by Crippen LogP contribution is -2.16. The molecule has 0 aliphatic heterocycles. The van der Waals surface area contributed by atoms with Gasteiger partial charge in [-0.2, -0.15) is 0 Å². The summed E-state index contributed by atoms with van der Waals surface area (Å²) in [5, 5.41) is 12.2. The molecule has 1 saturated carbocycles. The van der Waals surface area contributed by atoms with Crippen LogP contribution in [-0.4, -0.2) is 24.4 Å². The quantitative estimate of drug-likeness (QED) is 0.841. The van der Waals surface area contributed by atoms with Gasteiger partial charge >= 0.3 is 0 Å². The molecule has 0 spiro atoms. The Morgan fingerprint density at radius 3 is 2.94 bits per heavy atom. The number of ether oxygens (including phenoxy) is 1. The number of aliphatic hydroxyl groups excluding tert-OH is 1. The standard InChI is InChI=1S/C12H16BrNO2/c13-11-3-1-2-9(8-14-10-4-5-10)12(11)16-7-6-15/h1-3,10,14-15H,4-8H2. The minimum Gasteiger partial charge on any atom is -0.490 e. The van der Waals surface area contributed by atoms with Crippen molar-refractivity contribution in [3.05, 3.63) is 28.2 Å². The third-order valence-corrected chi connectivity index (χ3v) is 3.17. The van der Waals surface area contributed by atoms with Gasteiger partial charge in [0.1, 0.15) is 12.4 Å². The molecule has 0 bridgehead atoms. The molecule has 88 valence electrons. The second-order valence-corrected chi connectivity index (χ2v) is 4.81. The van der Waals surface area contributed by atoms with Gasteiger partial charge in [0, 0.05) is 18.2 Å². The predicted octanol–water partition coefficient (Wildman–Crippen LogP) is 2.07. The second-order valence-electron chi connectivity index (χ2n) is 3.96. The highest BCUT2D eigenvalue weighted by Crippen LogP contribution is 2.30. The van der Waals surface area contributed by atoms with Crippen molar-refractivity contribution in [2.75, 3.05) is 13.2 Å². The Balaban J connectivity index is 2.04. The molecular formula is C12H16BrNO2. The van der Waals surface area contributed by atoms with Crippen molar-refractivity contribution >= 4 is 15.9 Å². The highest BCUT2D eigenvalue weighted by molar-refractivity contribution is 9.10. The summed E-state index contributed by atoms with van der Waals surface area (Å²) in [7, 11) is 0. The Bertz CT molecular complexity index is 353. The van der Waals surface area contributed by atoms with Crippen LogP contribution in [0.25, 0.3) is 0 Å². The van der Waals surface area contributed by atoms with Gasteiger partial charge in [0.2, 0.25) is 0 Å². The summed E-state index contributed by atoms with van der Waals surface area (Å²) in [6, 6.07) is 6.68. The first-order chi connectivity index (χ1) is 7.81. The zero-order chi connectivity index (χ0) is 11.4. The van der Waals surface area contributed by atoms with Crippen molar-refractivity contribution in [1.29, 1.82) is 0 Å². The summed E-state index contributed by atoms with van der Waals surface area (Å²) in [5.41, 5.74) is 1.13. The predicted molar refractivity (Wildman–Crippen MR) is 66.6 cm³/mol. The van der Waals surface area contributed by atoms with Crippen molar-refractivity contribution in [2.45, 2.75) is 25.4 Å². The lowest BCUT2D eigenvalue weighted by atomic mass is 10.2. The van der Waals surface area contributed by atoms with Gasteiger partial charge in [-0.3, -0.25) is 0 Å². The van der Waals surface area contributed by atoms with Gasteiger partial charge in [-0.1, -0.05) is 12.1 Å². The molecule has 2 rings (SSSR count). The first-order valence-electron chi connectivity index (χ1n) is 5.55. The van der Waals surface area contributed by atoms with Crippen LogP contribution in [0, 0.1) is 0 Å². The maximum absolute atomic E-state index is 8.78. The topological polar surface area (TPSA) is 41.5 Å². The first-order valence-corrected chi connectivity index (χ1v) is 6.35. The number of para-hydroxylation sites is 1. The van der Waals surface area contributed by atoms with E-state index in [0.717, 1.165) is 22.3 Å². The Labute approximate surface area is 104 Å². The van der Waals surface area contributed by atoms with E-state index in [1.54, 1.807) is 0 Å². The molecule has 1 fully saturated rings. The molecule has 1 aliphatic carbocycles. The van der Waals surface area contributed by atoms with Crippen LogP contribution in [0.2, 0.25) is 0 Å². The number of benzene rings is 1. The van der Waals surface area contributed by atoms with Crippen LogP contribution in [0.15, 0.2) is 22.7 Å². The number of hydrogen-bond donors (Lipinski definition) is 2. The van der Waals surface area contributed by atoms with Gasteiger partial charge in [-0.05, 0) is 34.8 Å². The Hall–Kier alpha value is -0.580. The van der Waals surface area contributed by atoms with E-state index >= 15 is 0 Å². The summed E-state index contributed by atoms with van der Waals surface area (Å²) in [5.74, 6) is 0.838. The zero-order valence-electron chi connectivity index (χ0n) is 9.08. The summed E-state index contributed by atoms with van der Waals surface area (Å²) in [6.07, 6.45) is 2.56. The van der Waals surface area contributed by atoms with Crippen LogP contribution in [0.5, 0.6) is 5.75 Å². The Kier molecular flexibility index (Phi) is 4.21. The largest absolute Gasteiger partial charge is 0.490 e. The number of rotatable bonds is 6. The molecule has 0 unspecified atom stereocenters. The number of halogens is 1. The average molecular weight is 286 g/mol. The smallest absolute Gasteiger partial charge is 0.138 e. The molecule has 16 heavy (non-hydrogen) atoms. The Morgan fingerprint density at radius 1 is 1.44 bits per heavy atom. The maximum atomic E-state index is 8.78. The SMILES string of the molecule is OCCOc1c(Br)cccc1CNC1CC1. The number of hydrogen-bond acceptors (Lipinski definition) is 3. The lowest BCUT2D eigenvalue weighted by Gasteiger charge is -2.13. The molecule has 0 radical (unpaired) electrons. The molecule has 0 atom stereocenters. The van der Waals surface area contributed by atoms with Gasteiger partial charge in [-0.25, -0.2) is 0 Å². The van der Waals surface area contributed by atoms with Crippen molar-refractivity contribution in [3.8, 4) is 5.75 Å². The summed E-state index contributed by atoms with van der Waals surface area (Å²) >= 11 is 3.47. The van der Waals surface area contributed by atoms with E-state index in [0.29, 0.717) is 12.6 Å². The molecule has 0 heterocycles. The highest BCUT2D eigenvalue weighted by Gasteiger charge is 2.20. The van der Waals surface area contributed by atoms with E-state index < -0.39 is 0 Å². The fourth-order valence-corrected chi connectivity index (χ4v) is 2.07. The first kappa shape index (κ1) is 11.9. The van der Waals surface area contributed by atoms with Crippen LogP contribution >= 0.6 is 15.9 Å². The van der Waals surface area contributed by atoms with Crippen LogP contribution in [0.3, 0.4) is 0 Å². The monoisotopic (exact) mass is 285 g/mol. The third-order valence-electron chi connectivity index (χ3n) is 2.54. The van der Waals surface area contributed by atoms with E-state index in [9.17, 15) is 0 Å². The van der Waals surface area contributed by atoms with E-state index in [1.807, 2.05) is 18.2 Å². The summed E-state index contributed by atoms with van der Waals surface area (Å²) in [4.78, 5) is 0. The van der Waals surface area contributed by atoms with E-state index in [-0.39, 0.29) is 6.61 Å². The molecule has 2 N–H and O–H groups in total. The van der Waals surface area contributed by atoms with Crippen LogP contribution in [0.1, 0.15) is 18.4 Å². The molecule has 1 aliphatic rings. The zero-order valence-corrected chi connectivity index (χ0v) is 10.7. The molecule has 4 heteroatoms. The highest BCUT2D eigenvalue weighted by atomic mass is 79.9. The van der Waals surface area contributed by atoms with Crippen molar-refractivity contribution in [3.63, 3.8) is 0 Å². The summed E-state index contributed by atoms with van der Waals surface area (Å²) in [6.45, 7) is 1.20. The fourth-order valence-electron chi connectivity index (χ4n) is 1.54. The molecule has 1 aromatic carbocycles. The third kappa shape index (κ3) is 3.20. The van der Waals surface area contributed by atoms with Gasteiger partial charge < -0.3 is 15.2 Å². The Morgan fingerprint density at radius 2 is 2.25 bits per heavy atom. The van der Waals surface area contributed by atoms with Gasteiger partial charge in [0.05, 0.1) is 11.1 Å². The summed E-state index contributed by atoms with van der Waals surface area (Å²) < 4.78 is 6.47. The van der Waals surface area contributed by atoms with Crippen LogP contribution < -0.4 is 10.1 Å². The van der Waals surface area contributed by atoms with Crippen molar-refractivity contribution < 1.29 is 9.84 Å². The van der Waals surface area contributed by atoms with Crippen molar-refractivity contribution in [1.82, 2.24) is 5.32 Å². The van der Waals surface area contributed by atoms with E-state index in [2.05, 4.69) is 21.2 Å². The minimum absolute atomic E-state index is 0.0385. The lowest BCUT2D eigenvalue weighted by molar-refractivity contribution is 0.199. The van der Waals surface area contributed by atoms with Gasteiger partial charge in [-0.15, -0.1) is 0 Å². The van der Waals surface area contributed by atoms with Crippen molar-refractivity contribution in [2.24, 2.45) is 0 Å². The number of nitrogens with one attached hydrogen (secondary N) is 1. The molecule has 0 amide bonds. The molecule has 3 nitrogen and oxygen atoms in total. The van der Waals surface area contributed by atoms with Crippen LogP contribution in [-0.2, 0) is 6.54 Å². The molecule has 0 aromatic heterocycles.